The van der Waals surface area contributed by atoms with E-state index in [0.717, 1.165) is 33.4 Å². The lowest BCUT2D eigenvalue weighted by molar-refractivity contribution is 1.55. The molecule has 330 valence electrons. The zero-order valence-corrected chi connectivity index (χ0v) is 38.9. The zero-order chi connectivity index (χ0) is 46.9. The van der Waals surface area contributed by atoms with Gasteiger partial charge in [0, 0.05) is 0 Å². The summed E-state index contributed by atoms with van der Waals surface area (Å²) >= 11 is 0. The molecule has 0 spiro atoms. The lowest BCUT2D eigenvalue weighted by atomic mass is 9.87. The van der Waals surface area contributed by atoms with Crippen molar-refractivity contribution in [2.45, 2.75) is 0 Å². The first-order valence-corrected chi connectivity index (χ1v) is 24.1. The van der Waals surface area contributed by atoms with Gasteiger partial charge in [0.05, 0.1) is 0 Å². The van der Waals surface area contributed by atoms with Crippen molar-refractivity contribution in [1.29, 1.82) is 0 Å². The largest absolute Gasteiger partial charge is 0.0622 e. The molecule has 0 aliphatic rings. The van der Waals surface area contributed by atoms with E-state index in [1.54, 1.807) is 0 Å². The van der Waals surface area contributed by atoms with E-state index in [1.807, 2.05) is 0 Å². The third-order valence-corrected chi connectivity index (χ3v) is 13.1. The van der Waals surface area contributed by atoms with E-state index in [4.69, 9.17) is 0 Å². The van der Waals surface area contributed by atoms with Crippen molar-refractivity contribution in [2.75, 3.05) is 0 Å². The zero-order valence-electron chi connectivity index (χ0n) is 38.9. The van der Waals surface area contributed by atoms with E-state index < -0.39 is 0 Å². The SMILES string of the molecule is C(=Cc1cc(-c2cccc3ccccc23)c(C=Cc2ccc(C=C(c3ccccc3)c3ccccc3)cc2)cc1-c1cccc2ccccc12)c1ccc(C=C(c2ccccc2)c2ccccc2)cc1. The molecule has 0 bridgehead atoms. The van der Waals surface area contributed by atoms with Gasteiger partial charge >= 0.3 is 0 Å². The van der Waals surface area contributed by atoms with Crippen LogP contribution in [-0.2, 0) is 0 Å². The standard InChI is InChI=1S/C70H50/c1-5-19-57(20-6-1)67(58-21-7-2-8-22-58)47-53-39-35-51(36-40-53)43-45-61-49-70(66-34-18-30-56-28-14-16-32-64(56)66)62(50-69(61)65-33-17-29-55-27-13-15-31-63(55)65)46-44-52-37-41-54(42-38-52)48-68(59-23-9-3-10-24-59)60-25-11-4-12-26-60/h1-50H. The number of benzene rings is 11. The average molecular weight is 891 g/mol. The molecule has 11 aromatic carbocycles. The monoisotopic (exact) mass is 890 g/mol. The van der Waals surface area contributed by atoms with Crippen LogP contribution in [0.15, 0.2) is 267 Å². The quantitative estimate of drug-likeness (QED) is 0.107. The van der Waals surface area contributed by atoms with Crippen LogP contribution in [0.25, 0.3) is 91.4 Å². The van der Waals surface area contributed by atoms with Gasteiger partial charge in [0.1, 0.15) is 0 Å². The summed E-state index contributed by atoms with van der Waals surface area (Å²) in [4.78, 5) is 0. The molecule has 0 radical (unpaired) electrons. The summed E-state index contributed by atoms with van der Waals surface area (Å²) in [6, 6.07) is 95.9. The van der Waals surface area contributed by atoms with Crippen LogP contribution in [0.5, 0.6) is 0 Å². The van der Waals surface area contributed by atoms with Crippen LogP contribution in [0.4, 0.5) is 0 Å². The lowest BCUT2D eigenvalue weighted by Crippen LogP contribution is -1.93. The van der Waals surface area contributed by atoms with Gasteiger partial charge in [-0.1, -0.05) is 279 Å². The van der Waals surface area contributed by atoms with Gasteiger partial charge in [0.2, 0.25) is 0 Å². The Morgan fingerprint density at radius 1 is 0.229 bits per heavy atom. The Balaban J connectivity index is 1.01. The molecule has 0 fully saturated rings. The van der Waals surface area contributed by atoms with Gasteiger partial charge in [-0.2, -0.15) is 0 Å². The van der Waals surface area contributed by atoms with E-state index in [2.05, 4.69) is 303 Å². The molecule has 0 heteroatoms. The van der Waals surface area contributed by atoms with E-state index >= 15 is 0 Å². The summed E-state index contributed by atoms with van der Waals surface area (Å²) in [7, 11) is 0. The van der Waals surface area contributed by atoms with Gasteiger partial charge in [0.25, 0.3) is 0 Å². The van der Waals surface area contributed by atoms with Crippen LogP contribution in [0.3, 0.4) is 0 Å². The molecule has 0 nitrogen and oxygen atoms in total. The molecule has 11 aromatic rings. The predicted molar refractivity (Wildman–Crippen MR) is 303 cm³/mol. The maximum atomic E-state index is 2.40. The Morgan fingerprint density at radius 3 is 0.886 bits per heavy atom. The minimum Gasteiger partial charge on any atom is -0.0622 e. The Hall–Kier alpha value is -9.10. The second-order valence-corrected chi connectivity index (χ2v) is 17.7. The molecule has 0 atom stereocenters. The Bertz CT molecular complexity index is 3340. The first-order valence-electron chi connectivity index (χ1n) is 24.1. The molecule has 0 aliphatic heterocycles. The predicted octanol–water partition coefficient (Wildman–Crippen LogP) is 18.8. The molecule has 0 heterocycles. The van der Waals surface area contributed by atoms with Crippen molar-refractivity contribution in [3.63, 3.8) is 0 Å². The normalized spacial score (nSPS) is 11.3. The fourth-order valence-electron chi connectivity index (χ4n) is 9.55. The van der Waals surface area contributed by atoms with Crippen molar-refractivity contribution < 1.29 is 0 Å². The number of rotatable bonds is 12. The molecule has 0 saturated heterocycles. The lowest BCUT2D eigenvalue weighted by Gasteiger charge is -2.17. The van der Waals surface area contributed by atoms with E-state index in [9.17, 15) is 0 Å². The van der Waals surface area contributed by atoms with Gasteiger partial charge < -0.3 is 0 Å². The molecule has 0 N–H and O–H groups in total. The fourth-order valence-corrected chi connectivity index (χ4v) is 9.55. The van der Waals surface area contributed by atoms with Gasteiger partial charge in [0.15, 0.2) is 0 Å². The fraction of sp³-hybridized carbons (Fsp3) is 0. The molecule has 0 unspecified atom stereocenters. The molecule has 11 rings (SSSR count). The van der Waals surface area contributed by atoms with Crippen LogP contribution in [0, 0.1) is 0 Å². The average Bonchev–Trinajstić information content (AvgIpc) is 3.44. The second kappa shape index (κ2) is 20.4. The molecule has 0 aromatic heterocycles. The van der Waals surface area contributed by atoms with Crippen molar-refractivity contribution in [3.05, 3.63) is 323 Å². The third-order valence-electron chi connectivity index (χ3n) is 13.1. The Labute approximate surface area is 411 Å². The van der Waals surface area contributed by atoms with Crippen LogP contribution in [-0.4, -0.2) is 0 Å². The smallest absolute Gasteiger partial charge is 0.00988 e. The van der Waals surface area contributed by atoms with Crippen LogP contribution in [0.1, 0.15) is 55.6 Å². The molecule has 0 saturated carbocycles. The number of fused-ring (bicyclic) bond motifs is 2. The van der Waals surface area contributed by atoms with Crippen molar-refractivity contribution in [3.8, 4) is 22.3 Å². The molecule has 0 aliphatic carbocycles. The highest BCUT2D eigenvalue weighted by Gasteiger charge is 2.15. The first-order chi connectivity index (χ1) is 34.7. The number of hydrogen-bond donors (Lipinski definition) is 0. The topological polar surface area (TPSA) is 0 Å². The minimum atomic E-state index is 1.13. The van der Waals surface area contributed by atoms with Crippen LogP contribution in [0.2, 0.25) is 0 Å². The third kappa shape index (κ3) is 9.67. The van der Waals surface area contributed by atoms with Gasteiger partial charge in [-0.25, -0.2) is 0 Å². The summed E-state index contributed by atoms with van der Waals surface area (Å²) in [6.45, 7) is 0. The highest BCUT2D eigenvalue weighted by atomic mass is 14.2. The molecular weight excluding hydrogens is 841 g/mol. The van der Waals surface area contributed by atoms with Crippen LogP contribution < -0.4 is 0 Å². The van der Waals surface area contributed by atoms with E-state index in [-0.39, 0.29) is 0 Å². The van der Waals surface area contributed by atoms with E-state index in [0.29, 0.717) is 0 Å². The second-order valence-electron chi connectivity index (χ2n) is 17.7. The highest BCUT2D eigenvalue weighted by molar-refractivity contribution is 6.04. The Kier molecular flexibility index (Phi) is 12.7. The number of hydrogen-bond acceptors (Lipinski definition) is 0. The molecule has 0 amide bonds. The van der Waals surface area contributed by atoms with Crippen molar-refractivity contribution in [2.24, 2.45) is 0 Å². The summed E-state index contributed by atoms with van der Waals surface area (Å²) in [5, 5.41) is 4.89. The van der Waals surface area contributed by atoms with Gasteiger partial charge in [-0.15, -0.1) is 0 Å². The van der Waals surface area contributed by atoms with Crippen molar-refractivity contribution >= 4 is 69.1 Å². The van der Waals surface area contributed by atoms with Crippen molar-refractivity contribution in [1.82, 2.24) is 0 Å². The summed E-state index contributed by atoms with van der Waals surface area (Å²) in [5.41, 5.74) is 18.8. The first kappa shape index (κ1) is 43.5. The summed E-state index contributed by atoms with van der Waals surface area (Å²) in [5.74, 6) is 0. The van der Waals surface area contributed by atoms with Crippen LogP contribution >= 0.6 is 0 Å². The van der Waals surface area contributed by atoms with Gasteiger partial charge in [-0.05, 0) is 135 Å². The maximum absolute atomic E-state index is 2.40. The Morgan fingerprint density at radius 2 is 0.529 bits per heavy atom. The maximum Gasteiger partial charge on any atom is -0.00988 e. The van der Waals surface area contributed by atoms with E-state index in [1.165, 1.54) is 77.2 Å². The highest BCUT2D eigenvalue weighted by Crippen LogP contribution is 2.40. The summed E-state index contributed by atoms with van der Waals surface area (Å²) < 4.78 is 0. The summed E-state index contributed by atoms with van der Waals surface area (Å²) in [6.07, 6.45) is 13.7. The van der Waals surface area contributed by atoms with Gasteiger partial charge in [-0.3, -0.25) is 0 Å². The molecular formula is C70H50. The molecule has 70 heavy (non-hydrogen) atoms. The minimum absolute atomic E-state index is 1.13.